The van der Waals surface area contributed by atoms with E-state index in [9.17, 15) is 4.79 Å². The summed E-state index contributed by atoms with van der Waals surface area (Å²) >= 11 is 0. The quantitative estimate of drug-likeness (QED) is 0.579. The van der Waals surface area contributed by atoms with Gasteiger partial charge in [-0.05, 0) is 30.3 Å². The molecule has 0 atom stereocenters. The van der Waals surface area contributed by atoms with Gasteiger partial charge in [-0.2, -0.15) is 5.10 Å². The topological polar surface area (TPSA) is 65.6 Å². The fourth-order valence-electron chi connectivity index (χ4n) is 2.65. The molecule has 1 aromatic carbocycles. The molecule has 6 heteroatoms. The molecule has 118 valence electrons. The van der Waals surface area contributed by atoms with Gasteiger partial charge in [0, 0.05) is 18.8 Å². The number of hydrogen-bond acceptors (Lipinski definition) is 4. The van der Waals surface area contributed by atoms with Crippen LogP contribution in [0.2, 0.25) is 0 Å². The summed E-state index contributed by atoms with van der Waals surface area (Å²) < 4.78 is 3.50. The fourth-order valence-corrected chi connectivity index (χ4v) is 2.65. The molecule has 0 fully saturated rings. The Hall–Kier alpha value is -3.28. The molecule has 0 N–H and O–H groups in total. The monoisotopic (exact) mass is 317 g/mol. The van der Waals surface area contributed by atoms with Gasteiger partial charge in [-0.3, -0.25) is 9.78 Å². The zero-order valence-corrected chi connectivity index (χ0v) is 12.9. The van der Waals surface area contributed by atoms with E-state index in [4.69, 9.17) is 0 Å². The first-order valence-electron chi connectivity index (χ1n) is 7.71. The van der Waals surface area contributed by atoms with E-state index in [1.165, 1.54) is 10.7 Å². The molecular weight excluding hydrogens is 302 g/mol. The Bertz CT molecular complexity index is 1040. The molecule has 0 saturated heterocycles. The lowest BCUT2D eigenvalue weighted by Crippen LogP contribution is -2.24. The molecular formula is C18H15N5O. The van der Waals surface area contributed by atoms with Crippen LogP contribution in [-0.4, -0.2) is 24.3 Å². The minimum atomic E-state index is -0.126. The second kappa shape index (κ2) is 6.08. The van der Waals surface area contributed by atoms with Crippen molar-refractivity contribution in [3.05, 3.63) is 77.5 Å². The Labute approximate surface area is 138 Å². The van der Waals surface area contributed by atoms with Gasteiger partial charge in [-0.1, -0.05) is 18.2 Å². The maximum absolute atomic E-state index is 12.1. The van der Waals surface area contributed by atoms with E-state index in [0.717, 1.165) is 16.7 Å². The molecule has 0 amide bonds. The van der Waals surface area contributed by atoms with Crippen molar-refractivity contribution >= 4 is 11.0 Å². The van der Waals surface area contributed by atoms with Crippen LogP contribution in [0.5, 0.6) is 0 Å². The number of para-hydroxylation sites is 2. The molecule has 0 bridgehead atoms. The van der Waals surface area contributed by atoms with Crippen LogP contribution in [0.1, 0.15) is 0 Å². The predicted octanol–water partition coefficient (Wildman–Crippen LogP) is 2.36. The van der Waals surface area contributed by atoms with Crippen molar-refractivity contribution in [2.75, 3.05) is 0 Å². The molecule has 0 unspecified atom stereocenters. The van der Waals surface area contributed by atoms with Crippen LogP contribution in [0.15, 0.2) is 71.9 Å². The lowest BCUT2D eigenvalue weighted by atomic mass is 10.2. The van der Waals surface area contributed by atoms with Crippen molar-refractivity contribution in [2.24, 2.45) is 0 Å². The summed E-state index contributed by atoms with van der Waals surface area (Å²) in [6, 6.07) is 16.8. The van der Waals surface area contributed by atoms with Crippen LogP contribution in [0.3, 0.4) is 0 Å². The van der Waals surface area contributed by atoms with Gasteiger partial charge in [0.25, 0.3) is 5.56 Å². The second-order valence-electron chi connectivity index (χ2n) is 5.42. The SMILES string of the molecule is O=c1ccc(-c2ccccn2)nn1CCn1cnc2ccccc21. The highest BCUT2D eigenvalue weighted by Gasteiger charge is 2.06. The molecule has 24 heavy (non-hydrogen) atoms. The number of aryl methyl sites for hydroxylation is 2. The lowest BCUT2D eigenvalue weighted by Gasteiger charge is -2.08. The van der Waals surface area contributed by atoms with Gasteiger partial charge in [0.1, 0.15) is 5.69 Å². The standard InChI is InChI=1S/C18H15N5O/c24-18-9-8-15(14-5-3-4-10-19-14)21-23(18)12-11-22-13-20-16-6-1-2-7-17(16)22/h1-10,13H,11-12H2. The fraction of sp³-hybridized carbons (Fsp3) is 0.111. The van der Waals surface area contributed by atoms with Crippen LogP contribution >= 0.6 is 0 Å². The van der Waals surface area contributed by atoms with Gasteiger partial charge in [-0.25, -0.2) is 9.67 Å². The summed E-state index contributed by atoms with van der Waals surface area (Å²) in [6.45, 7) is 1.10. The Balaban J connectivity index is 1.61. The second-order valence-corrected chi connectivity index (χ2v) is 5.42. The number of fused-ring (bicyclic) bond motifs is 1. The summed E-state index contributed by atoms with van der Waals surface area (Å²) in [5, 5.41) is 4.43. The Morgan fingerprint density at radius 1 is 0.833 bits per heavy atom. The molecule has 0 radical (unpaired) electrons. The predicted molar refractivity (Wildman–Crippen MR) is 91.5 cm³/mol. The maximum Gasteiger partial charge on any atom is 0.266 e. The van der Waals surface area contributed by atoms with Gasteiger partial charge in [0.2, 0.25) is 0 Å². The molecule has 0 spiro atoms. The highest BCUT2D eigenvalue weighted by atomic mass is 16.1. The summed E-state index contributed by atoms with van der Waals surface area (Å²) in [5.74, 6) is 0. The van der Waals surface area contributed by atoms with E-state index in [1.54, 1.807) is 18.6 Å². The average molecular weight is 317 g/mol. The van der Waals surface area contributed by atoms with E-state index in [-0.39, 0.29) is 5.56 Å². The average Bonchev–Trinajstić information content (AvgIpc) is 3.05. The lowest BCUT2D eigenvalue weighted by molar-refractivity contribution is 0.518. The first kappa shape index (κ1) is 14.3. The summed E-state index contributed by atoms with van der Waals surface area (Å²) in [5.41, 5.74) is 3.30. The molecule has 3 aromatic heterocycles. The molecule has 3 heterocycles. The maximum atomic E-state index is 12.1. The Morgan fingerprint density at radius 3 is 2.58 bits per heavy atom. The highest BCUT2D eigenvalue weighted by Crippen LogP contribution is 2.13. The minimum absolute atomic E-state index is 0.126. The molecule has 0 aliphatic rings. The third-order valence-electron chi connectivity index (χ3n) is 3.87. The highest BCUT2D eigenvalue weighted by molar-refractivity contribution is 5.74. The third-order valence-corrected chi connectivity index (χ3v) is 3.87. The van der Waals surface area contributed by atoms with Crippen LogP contribution < -0.4 is 5.56 Å². The van der Waals surface area contributed by atoms with Crippen molar-refractivity contribution < 1.29 is 0 Å². The number of aromatic nitrogens is 5. The van der Waals surface area contributed by atoms with E-state index in [2.05, 4.69) is 15.1 Å². The molecule has 4 rings (SSSR count). The molecule has 0 saturated carbocycles. The van der Waals surface area contributed by atoms with E-state index >= 15 is 0 Å². The van der Waals surface area contributed by atoms with Gasteiger partial charge in [-0.15, -0.1) is 0 Å². The van der Waals surface area contributed by atoms with E-state index < -0.39 is 0 Å². The van der Waals surface area contributed by atoms with Crippen molar-refractivity contribution in [3.8, 4) is 11.4 Å². The first-order chi connectivity index (χ1) is 11.8. The van der Waals surface area contributed by atoms with E-state index in [0.29, 0.717) is 18.8 Å². The number of rotatable bonds is 4. The van der Waals surface area contributed by atoms with Gasteiger partial charge >= 0.3 is 0 Å². The normalized spacial score (nSPS) is 11.0. The summed E-state index contributed by atoms with van der Waals surface area (Å²) in [6.07, 6.45) is 3.50. The number of benzene rings is 1. The summed E-state index contributed by atoms with van der Waals surface area (Å²) in [4.78, 5) is 20.7. The molecule has 0 aliphatic carbocycles. The zero-order chi connectivity index (χ0) is 16.4. The molecule has 6 nitrogen and oxygen atoms in total. The van der Waals surface area contributed by atoms with Gasteiger partial charge in [0.05, 0.1) is 29.6 Å². The van der Waals surface area contributed by atoms with Crippen LogP contribution in [0.4, 0.5) is 0 Å². The van der Waals surface area contributed by atoms with E-state index in [1.807, 2.05) is 47.0 Å². The van der Waals surface area contributed by atoms with Crippen LogP contribution in [-0.2, 0) is 13.1 Å². The first-order valence-corrected chi connectivity index (χ1v) is 7.71. The Morgan fingerprint density at radius 2 is 1.71 bits per heavy atom. The van der Waals surface area contributed by atoms with Gasteiger partial charge < -0.3 is 4.57 Å². The Kier molecular flexibility index (Phi) is 3.63. The number of hydrogen-bond donors (Lipinski definition) is 0. The smallest absolute Gasteiger partial charge is 0.266 e. The minimum Gasteiger partial charge on any atom is -0.329 e. The van der Waals surface area contributed by atoms with Crippen molar-refractivity contribution in [1.29, 1.82) is 0 Å². The number of imidazole rings is 1. The number of nitrogens with zero attached hydrogens (tertiary/aromatic N) is 5. The zero-order valence-electron chi connectivity index (χ0n) is 12.9. The summed E-state index contributed by atoms with van der Waals surface area (Å²) in [7, 11) is 0. The molecule has 4 aromatic rings. The van der Waals surface area contributed by atoms with Crippen molar-refractivity contribution in [2.45, 2.75) is 13.1 Å². The van der Waals surface area contributed by atoms with Crippen LogP contribution in [0.25, 0.3) is 22.4 Å². The largest absolute Gasteiger partial charge is 0.329 e. The molecule has 0 aliphatic heterocycles. The number of pyridine rings is 1. The third kappa shape index (κ3) is 2.69. The van der Waals surface area contributed by atoms with Crippen molar-refractivity contribution in [1.82, 2.24) is 24.3 Å². The van der Waals surface area contributed by atoms with Crippen LogP contribution in [0, 0.1) is 0 Å². The van der Waals surface area contributed by atoms with Crippen molar-refractivity contribution in [3.63, 3.8) is 0 Å². The van der Waals surface area contributed by atoms with Gasteiger partial charge in [0.15, 0.2) is 0 Å².